The zero-order chi connectivity index (χ0) is 18.3. The zero-order valence-corrected chi connectivity index (χ0v) is 15.1. The molecule has 3 amide bonds. The largest absolute Gasteiger partial charge is 0.444 e. The van der Waals surface area contributed by atoms with Gasteiger partial charge in [0.2, 0.25) is 11.8 Å². The minimum absolute atomic E-state index is 0.0227. The lowest BCUT2D eigenvalue weighted by Crippen LogP contribution is -2.46. The van der Waals surface area contributed by atoms with E-state index in [0.29, 0.717) is 13.0 Å². The number of carbonyl (C=O) groups excluding carboxylic acids is 3. The first-order valence-electron chi connectivity index (χ1n) is 7.88. The van der Waals surface area contributed by atoms with Gasteiger partial charge in [-0.25, -0.2) is 4.79 Å². The lowest BCUT2D eigenvalue weighted by atomic mass is 10.1. The Bertz CT molecular complexity index is 467. The van der Waals surface area contributed by atoms with Crippen LogP contribution in [-0.4, -0.2) is 71.7 Å². The molecule has 0 aromatic carbocycles. The average molecular weight is 364 g/mol. The van der Waals surface area contributed by atoms with E-state index in [9.17, 15) is 19.5 Å². The zero-order valence-electron chi connectivity index (χ0n) is 14.3. The fourth-order valence-corrected chi connectivity index (χ4v) is 2.45. The van der Waals surface area contributed by atoms with Crippen LogP contribution in [0, 0.1) is 5.92 Å². The molecule has 8 nitrogen and oxygen atoms in total. The minimum Gasteiger partial charge on any atom is -0.444 e. The Morgan fingerprint density at radius 3 is 2.67 bits per heavy atom. The fourth-order valence-electron chi connectivity index (χ4n) is 2.28. The SMILES string of the molecule is CC(C)(C)OC(=O)NCC(O)CN(C[C@@H]1CCNC1=O)C(=O)CCl. The number of amides is 3. The van der Waals surface area contributed by atoms with Crippen molar-refractivity contribution in [1.82, 2.24) is 15.5 Å². The summed E-state index contributed by atoms with van der Waals surface area (Å²) in [5, 5.41) is 15.2. The van der Waals surface area contributed by atoms with Crippen molar-refractivity contribution >= 4 is 29.5 Å². The number of ether oxygens (including phenoxy) is 1. The number of alkyl halides is 1. The van der Waals surface area contributed by atoms with Crippen LogP contribution in [0.2, 0.25) is 0 Å². The van der Waals surface area contributed by atoms with Gasteiger partial charge in [-0.15, -0.1) is 11.6 Å². The standard InChI is InChI=1S/C15H26ClN3O5/c1-15(2,3)24-14(23)18-7-11(20)9-19(12(21)6-16)8-10-4-5-17-13(10)22/h10-11,20H,4-9H2,1-3H3,(H,17,22)(H,18,23)/t10-,11?/m0/s1. The molecule has 2 atom stereocenters. The number of nitrogens with one attached hydrogen (secondary N) is 2. The van der Waals surface area contributed by atoms with Crippen molar-refractivity contribution in [2.75, 3.05) is 32.1 Å². The number of hydrogen-bond acceptors (Lipinski definition) is 5. The molecular weight excluding hydrogens is 338 g/mol. The summed E-state index contributed by atoms with van der Waals surface area (Å²) in [6.45, 7) is 5.88. The van der Waals surface area contributed by atoms with Gasteiger partial charge in [0.05, 0.1) is 12.0 Å². The van der Waals surface area contributed by atoms with Gasteiger partial charge in [0.25, 0.3) is 0 Å². The smallest absolute Gasteiger partial charge is 0.407 e. The van der Waals surface area contributed by atoms with E-state index in [-0.39, 0.29) is 43.2 Å². The number of carbonyl (C=O) groups is 3. The second kappa shape index (κ2) is 9.08. The van der Waals surface area contributed by atoms with Crippen molar-refractivity contribution in [2.45, 2.75) is 38.9 Å². The highest BCUT2D eigenvalue weighted by atomic mass is 35.5. The van der Waals surface area contributed by atoms with E-state index in [0.717, 1.165) is 0 Å². The summed E-state index contributed by atoms with van der Waals surface area (Å²) in [6, 6.07) is 0. The summed E-state index contributed by atoms with van der Waals surface area (Å²) in [6.07, 6.45) is -1.00. The van der Waals surface area contributed by atoms with Crippen LogP contribution < -0.4 is 10.6 Å². The first-order chi connectivity index (χ1) is 11.1. The summed E-state index contributed by atoms with van der Waals surface area (Å²) in [4.78, 5) is 36.5. The Hall–Kier alpha value is -1.54. The number of aliphatic hydroxyl groups is 1. The predicted molar refractivity (Wildman–Crippen MR) is 88.7 cm³/mol. The summed E-state index contributed by atoms with van der Waals surface area (Å²) in [5.74, 6) is -1.01. The normalized spacial score (nSPS) is 18.7. The van der Waals surface area contributed by atoms with Crippen molar-refractivity contribution < 1.29 is 24.2 Å². The van der Waals surface area contributed by atoms with Crippen LogP contribution in [0.1, 0.15) is 27.2 Å². The molecule has 0 aromatic heterocycles. The van der Waals surface area contributed by atoms with E-state index >= 15 is 0 Å². The molecular formula is C15H26ClN3O5. The fraction of sp³-hybridized carbons (Fsp3) is 0.800. The maximum Gasteiger partial charge on any atom is 0.407 e. The van der Waals surface area contributed by atoms with E-state index in [1.807, 2.05) is 0 Å². The summed E-state index contributed by atoms with van der Waals surface area (Å²) >= 11 is 5.59. The van der Waals surface area contributed by atoms with Gasteiger partial charge >= 0.3 is 6.09 Å². The summed E-state index contributed by atoms with van der Waals surface area (Å²) in [7, 11) is 0. The Balaban J connectivity index is 2.49. The van der Waals surface area contributed by atoms with Gasteiger partial charge in [-0.3, -0.25) is 9.59 Å². The Morgan fingerprint density at radius 2 is 2.17 bits per heavy atom. The summed E-state index contributed by atoms with van der Waals surface area (Å²) in [5.41, 5.74) is -0.633. The lowest BCUT2D eigenvalue weighted by molar-refractivity contribution is -0.132. The Labute approximate surface area is 146 Å². The molecule has 0 aliphatic carbocycles. The van der Waals surface area contributed by atoms with Crippen LogP contribution in [0.25, 0.3) is 0 Å². The third-order valence-corrected chi connectivity index (χ3v) is 3.61. The van der Waals surface area contributed by atoms with Gasteiger partial charge in [0.1, 0.15) is 11.5 Å². The van der Waals surface area contributed by atoms with E-state index in [4.69, 9.17) is 16.3 Å². The maximum atomic E-state index is 11.9. The molecule has 9 heteroatoms. The van der Waals surface area contributed by atoms with E-state index in [1.54, 1.807) is 20.8 Å². The van der Waals surface area contributed by atoms with Crippen molar-refractivity contribution in [3.8, 4) is 0 Å². The third-order valence-electron chi connectivity index (χ3n) is 3.38. The van der Waals surface area contributed by atoms with Crippen LogP contribution in [0.15, 0.2) is 0 Å². The average Bonchev–Trinajstić information content (AvgIpc) is 2.87. The van der Waals surface area contributed by atoms with Crippen LogP contribution in [-0.2, 0) is 14.3 Å². The number of hydrogen-bond donors (Lipinski definition) is 3. The highest BCUT2D eigenvalue weighted by molar-refractivity contribution is 6.27. The molecule has 0 aromatic rings. The van der Waals surface area contributed by atoms with E-state index in [2.05, 4.69) is 10.6 Å². The molecule has 1 unspecified atom stereocenters. The molecule has 3 N–H and O–H groups in total. The topological polar surface area (TPSA) is 108 Å². The van der Waals surface area contributed by atoms with Gasteiger partial charge in [-0.1, -0.05) is 0 Å². The van der Waals surface area contributed by atoms with E-state index < -0.39 is 17.8 Å². The van der Waals surface area contributed by atoms with Crippen LogP contribution in [0.5, 0.6) is 0 Å². The molecule has 1 saturated heterocycles. The highest BCUT2D eigenvalue weighted by Gasteiger charge is 2.29. The van der Waals surface area contributed by atoms with Gasteiger partial charge in [-0.2, -0.15) is 0 Å². The first-order valence-corrected chi connectivity index (χ1v) is 8.42. The Kier molecular flexibility index (Phi) is 7.75. The van der Waals surface area contributed by atoms with E-state index in [1.165, 1.54) is 4.90 Å². The third kappa shape index (κ3) is 7.35. The number of aliphatic hydroxyl groups excluding tert-OH is 1. The molecule has 138 valence electrons. The second-order valence-electron chi connectivity index (χ2n) is 6.75. The van der Waals surface area contributed by atoms with Gasteiger partial charge < -0.3 is 25.4 Å². The highest BCUT2D eigenvalue weighted by Crippen LogP contribution is 2.12. The quantitative estimate of drug-likeness (QED) is 0.555. The molecule has 0 spiro atoms. The monoisotopic (exact) mass is 363 g/mol. The molecule has 0 bridgehead atoms. The molecule has 0 saturated carbocycles. The van der Waals surface area contributed by atoms with Gasteiger partial charge in [0, 0.05) is 26.2 Å². The first kappa shape index (κ1) is 20.5. The van der Waals surface area contributed by atoms with Crippen LogP contribution >= 0.6 is 11.6 Å². The number of rotatable bonds is 7. The number of nitrogens with zero attached hydrogens (tertiary/aromatic N) is 1. The minimum atomic E-state index is -0.992. The van der Waals surface area contributed by atoms with Gasteiger partial charge in [0.15, 0.2) is 0 Å². The van der Waals surface area contributed by atoms with Crippen molar-refractivity contribution in [3.05, 3.63) is 0 Å². The number of halogens is 1. The molecule has 1 fully saturated rings. The molecule has 0 radical (unpaired) electrons. The molecule has 1 rings (SSSR count). The van der Waals surface area contributed by atoms with Crippen LogP contribution in [0.4, 0.5) is 4.79 Å². The maximum absolute atomic E-state index is 11.9. The molecule has 1 heterocycles. The van der Waals surface area contributed by atoms with Crippen molar-refractivity contribution in [2.24, 2.45) is 5.92 Å². The second-order valence-corrected chi connectivity index (χ2v) is 7.01. The summed E-state index contributed by atoms with van der Waals surface area (Å²) < 4.78 is 5.07. The number of alkyl carbamates (subject to hydrolysis) is 1. The molecule has 24 heavy (non-hydrogen) atoms. The van der Waals surface area contributed by atoms with Gasteiger partial charge in [-0.05, 0) is 27.2 Å². The Morgan fingerprint density at radius 1 is 1.50 bits per heavy atom. The molecule has 1 aliphatic heterocycles. The predicted octanol–water partition coefficient (Wildman–Crippen LogP) is 0.0755. The van der Waals surface area contributed by atoms with Crippen molar-refractivity contribution in [3.63, 3.8) is 0 Å². The van der Waals surface area contributed by atoms with Crippen molar-refractivity contribution in [1.29, 1.82) is 0 Å². The lowest BCUT2D eigenvalue weighted by Gasteiger charge is -2.27. The van der Waals surface area contributed by atoms with Crippen LogP contribution in [0.3, 0.4) is 0 Å². The molecule has 1 aliphatic rings.